The largest absolute Gasteiger partial charge is 0.493 e. The maximum atomic E-state index is 12.4. The van der Waals surface area contributed by atoms with Gasteiger partial charge in [0.15, 0.2) is 5.82 Å². The van der Waals surface area contributed by atoms with Crippen LogP contribution in [0.15, 0.2) is 53.3 Å². The first kappa shape index (κ1) is 20.4. The molecule has 1 saturated carbocycles. The Morgan fingerprint density at radius 2 is 1.80 bits per heavy atom. The maximum absolute atomic E-state index is 12.4. The van der Waals surface area contributed by atoms with E-state index in [1.807, 2.05) is 24.3 Å². The van der Waals surface area contributed by atoms with Gasteiger partial charge in [-0.25, -0.2) is 4.68 Å². The zero-order chi connectivity index (χ0) is 21.3. The second-order valence-corrected chi connectivity index (χ2v) is 8.49. The van der Waals surface area contributed by atoms with Crippen molar-refractivity contribution >= 4 is 16.6 Å². The SMILES string of the molecule is C[C@H](Nc1nn(C)c(=O)c2ccccc12)[C@H](c1ccc(OCC2CC2)cc1)N(C)C. The number of hydrogen-bond acceptors (Lipinski definition) is 5. The number of ether oxygens (including phenoxy) is 1. The van der Waals surface area contributed by atoms with E-state index in [0.717, 1.165) is 29.5 Å². The number of fused-ring (bicyclic) bond motifs is 1. The van der Waals surface area contributed by atoms with E-state index >= 15 is 0 Å². The molecule has 1 aliphatic rings. The predicted molar refractivity (Wildman–Crippen MR) is 121 cm³/mol. The average molecular weight is 407 g/mol. The van der Waals surface area contributed by atoms with E-state index in [-0.39, 0.29) is 17.6 Å². The summed E-state index contributed by atoms with van der Waals surface area (Å²) >= 11 is 0. The van der Waals surface area contributed by atoms with E-state index in [2.05, 4.69) is 60.6 Å². The quantitative estimate of drug-likeness (QED) is 0.616. The number of hydrogen-bond donors (Lipinski definition) is 1. The second-order valence-electron chi connectivity index (χ2n) is 8.49. The number of nitrogens with zero attached hydrogens (tertiary/aromatic N) is 3. The predicted octanol–water partition coefficient (Wildman–Crippen LogP) is 3.83. The summed E-state index contributed by atoms with van der Waals surface area (Å²) in [5.41, 5.74) is 1.11. The summed E-state index contributed by atoms with van der Waals surface area (Å²) in [5.74, 6) is 2.39. The first-order valence-corrected chi connectivity index (χ1v) is 10.6. The molecule has 0 aliphatic heterocycles. The van der Waals surface area contributed by atoms with Crippen molar-refractivity contribution in [3.8, 4) is 5.75 Å². The maximum Gasteiger partial charge on any atom is 0.274 e. The van der Waals surface area contributed by atoms with Crippen LogP contribution in [0.4, 0.5) is 5.82 Å². The number of aromatic nitrogens is 2. The van der Waals surface area contributed by atoms with Crippen molar-refractivity contribution < 1.29 is 4.74 Å². The molecule has 0 bridgehead atoms. The Balaban J connectivity index is 1.57. The molecule has 6 heteroatoms. The van der Waals surface area contributed by atoms with E-state index in [4.69, 9.17) is 4.74 Å². The Morgan fingerprint density at radius 3 is 2.43 bits per heavy atom. The summed E-state index contributed by atoms with van der Waals surface area (Å²) in [4.78, 5) is 14.6. The molecule has 1 fully saturated rings. The Hall–Kier alpha value is -2.86. The zero-order valence-corrected chi connectivity index (χ0v) is 18.1. The van der Waals surface area contributed by atoms with Gasteiger partial charge in [0, 0.05) is 18.5 Å². The number of nitrogens with one attached hydrogen (secondary N) is 1. The fourth-order valence-corrected chi connectivity index (χ4v) is 3.99. The lowest BCUT2D eigenvalue weighted by Crippen LogP contribution is -2.35. The highest BCUT2D eigenvalue weighted by Crippen LogP contribution is 2.31. The van der Waals surface area contributed by atoms with Gasteiger partial charge >= 0.3 is 0 Å². The van der Waals surface area contributed by atoms with Crippen LogP contribution in [0.25, 0.3) is 10.8 Å². The Bertz CT molecular complexity index is 1070. The topological polar surface area (TPSA) is 59.4 Å². The van der Waals surface area contributed by atoms with Crippen LogP contribution in [-0.4, -0.2) is 41.4 Å². The van der Waals surface area contributed by atoms with E-state index in [0.29, 0.717) is 5.39 Å². The number of rotatable bonds is 8. The molecule has 0 spiro atoms. The van der Waals surface area contributed by atoms with Gasteiger partial charge in [-0.3, -0.25) is 4.79 Å². The molecular weight excluding hydrogens is 376 g/mol. The fourth-order valence-electron chi connectivity index (χ4n) is 3.99. The molecular formula is C24H30N4O2. The van der Waals surface area contributed by atoms with E-state index in [9.17, 15) is 4.79 Å². The molecule has 158 valence electrons. The number of benzene rings is 2. The van der Waals surface area contributed by atoms with Crippen LogP contribution < -0.4 is 15.6 Å². The third-order valence-electron chi connectivity index (χ3n) is 5.76. The molecule has 1 aromatic heterocycles. The minimum atomic E-state index is -0.0882. The van der Waals surface area contributed by atoms with Crippen LogP contribution in [-0.2, 0) is 7.05 Å². The summed E-state index contributed by atoms with van der Waals surface area (Å²) in [5, 5.41) is 9.55. The zero-order valence-electron chi connectivity index (χ0n) is 18.1. The Kier molecular flexibility index (Phi) is 5.77. The van der Waals surface area contributed by atoms with Crippen molar-refractivity contribution in [2.45, 2.75) is 31.8 Å². The monoisotopic (exact) mass is 406 g/mol. The summed E-state index contributed by atoms with van der Waals surface area (Å²) < 4.78 is 7.28. The highest BCUT2D eigenvalue weighted by atomic mass is 16.5. The molecule has 1 N–H and O–H groups in total. The van der Waals surface area contributed by atoms with E-state index < -0.39 is 0 Å². The molecule has 0 radical (unpaired) electrons. The van der Waals surface area contributed by atoms with Crippen molar-refractivity contribution in [3.05, 3.63) is 64.4 Å². The van der Waals surface area contributed by atoms with Crippen molar-refractivity contribution in [3.63, 3.8) is 0 Å². The molecule has 0 unspecified atom stereocenters. The summed E-state index contributed by atoms with van der Waals surface area (Å²) in [6, 6.07) is 16.2. The molecule has 0 saturated heterocycles. The first-order valence-electron chi connectivity index (χ1n) is 10.6. The number of likely N-dealkylation sites (N-methyl/N-ethyl adjacent to an activating group) is 1. The van der Waals surface area contributed by atoms with Crippen LogP contribution in [0.1, 0.15) is 31.4 Å². The van der Waals surface area contributed by atoms with Gasteiger partial charge in [0.1, 0.15) is 5.75 Å². The lowest BCUT2D eigenvalue weighted by molar-refractivity contribution is 0.274. The Labute approximate surface area is 177 Å². The number of aryl methyl sites for hydroxylation is 1. The minimum Gasteiger partial charge on any atom is -0.493 e. The van der Waals surface area contributed by atoms with Gasteiger partial charge in [0.25, 0.3) is 5.56 Å². The standard InChI is InChI=1S/C24H30N4O2/c1-16(25-23-20-7-5-6-8-21(20)24(29)28(4)26-23)22(27(2)3)18-11-13-19(14-12-18)30-15-17-9-10-17/h5-8,11-14,16-17,22H,9-10,15H2,1-4H3,(H,25,26)/t16-,22+/m0/s1. The molecule has 30 heavy (non-hydrogen) atoms. The molecule has 1 aliphatic carbocycles. The molecule has 6 nitrogen and oxygen atoms in total. The second kappa shape index (κ2) is 8.48. The van der Waals surface area contributed by atoms with Crippen molar-refractivity contribution in [2.75, 3.05) is 26.0 Å². The third-order valence-corrected chi connectivity index (χ3v) is 5.76. The smallest absolute Gasteiger partial charge is 0.274 e. The van der Waals surface area contributed by atoms with Gasteiger partial charge in [-0.1, -0.05) is 30.3 Å². The van der Waals surface area contributed by atoms with Gasteiger partial charge < -0.3 is 15.0 Å². The minimum absolute atomic E-state index is 0.0617. The number of anilines is 1. The summed E-state index contributed by atoms with van der Waals surface area (Å²) in [6.07, 6.45) is 2.58. The Morgan fingerprint density at radius 1 is 1.13 bits per heavy atom. The van der Waals surface area contributed by atoms with Crippen LogP contribution in [0.3, 0.4) is 0 Å². The lowest BCUT2D eigenvalue weighted by Gasteiger charge is -2.32. The molecule has 3 aromatic rings. The fraction of sp³-hybridized carbons (Fsp3) is 0.417. The highest BCUT2D eigenvalue weighted by Gasteiger charge is 2.24. The summed E-state index contributed by atoms with van der Waals surface area (Å²) in [6.45, 7) is 2.96. The lowest BCUT2D eigenvalue weighted by atomic mass is 9.99. The highest BCUT2D eigenvalue weighted by molar-refractivity contribution is 5.90. The molecule has 1 heterocycles. The first-order chi connectivity index (χ1) is 14.4. The molecule has 2 atom stereocenters. The van der Waals surface area contributed by atoms with E-state index in [1.54, 1.807) is 7.05 Å². The van der Waals surface area contributed by atoms with Crippen molar-refractivity contribution in [1.29, 1.82) is 0 Å². The normalized spacial score (nSPS) is 15.9. The van der Waals surface area contributed by atoms with Gasteiger partial charge in [-0.15, -0.1) is 0 Å². The van der Waals surface area contributed by atoms with E-state index in [1.165, 1.54) is 23.1 Å². The molecule has 4 rings (SSSR count). The van der Waals surface area contributed by atoms with Gasteiger partial charge in [-0.2, -0.15) is 5.10 Å². The third kappa shape index (κ3) is 4.33. The van der Waals surface area contributed by atoms with Crippen molar-refractivity contribution in [1.82, 2.24) is 14.7 Å². The van der Waals surface area contributed by atoms with Crippen LogP contribution >= 0.6 is 0 Å². The van der Waals surface area contributed by atoms with Gasteiger partial charge in [0.2, 0.25) is 0 Å². The van der Waals surface area contributed by atoms with Gasteiger partial charge in [0.05, 0.1) is 18.0 Å². The van der Waals surface area contributed by atoms with Crippen molar-refractivity contribution in [2.24, 2.45) is 13.0 Å². The molecule has 0 amide bonds. The van der Waals surface area contributed by atoms with Crippen LogP contribution in [0.5, 0.6) is 5.75 Å². The van der Waals surface area contributed by atoms with Crippen LogP contribution in [0.2, 0.25) is 0 Å². The molecule has 2 aromatic carbocycles. The van der Waals surface area contributed by atoms with Crippen LogP contribution in [0, 0.1) is 5.92 Å². The summed E-state index contributed by atoms with van der Waals surface area (Å²) in [7, 11) is 5.84. The van der Waals surface area contributed by atoms with Gasteiger partial charge in [-0.05, 0) is 63.5 Å². The average Bonchev–Trinajstić information content (AvgIpc) is 3.56.